The molecule has 23 heavy (non-hydrogen) atoms. The molecule has 1 aromatic carbocycles. The van der Waals surface area contributed by atoms with Gasteiger partial charge in [0.1, 0.15) is 0 Å². The van der Waals surface area contributed by atoms with Crippen molar-refractivity contribution < 1.29 is 18.3 Å². The maximum Gasteiger partial charge on any atom is 0.227 e. The van der Waals surface area contributed by atoms with E-state index in [1.54, 1.807) is 4.90 Å². The fourth-order valence-corrected chi connectivity index (χ4v) is 5.39. The van der Waals surface area contributed by atoms with Crippen molar-refractivity contribution in [3.05, 3.63) is 35.9 Å². The van der Waals surface area contributed by atoms with Crippen LogP contribution in [0.4, 0.5) is 0 Å². The number of aliphatic hydroxyl groups is 1. The molecule has 0 saturated carbocycles. The lowest BCUT2D eigenvalue weighted by molar-refractivity contribution is -0.141. The van der Waals surface area contributed by atoms with E-state index in [2.05, 4.69) is 0 Å². The van der Waals surface area contributed by atoms with Gasteiger partial charge in [-0.15, -0.1) is 0 Å². The Hall–Kier alpha value is -1.40. The van der Waals surface area contributed by atoms with Gasteiger partial charge < -0.3 is 10.0 Å². The molecule has 3 atom stereocenters. The van der Waals surface area contributed by atoms with Gasteiger partial charge in [0.25, 0.3) is 0 Å². The number of aliphatic hydroxyl groups excluding tert-OH is 1. The summed E-state index contributed by atoms with van der Waals surface area (Å²) in [5.74, 6) is -0.492. The van der Waals surface area contributed by atoms with Gasteiger partial charge in [0.05, 0.1) is 29.6 Å². The number of likely N-dealkylation sites (tertiary alicyclic amines) is 1. The van der Waals surface area contributed by atoms with Crippen LogP contribution in [-0.4, -0.2) is 48.4 Å². The van der Waals surface area contributed by atoms with Gasteiger partial charge in [-0.3, -0.25) is 4.79 Å². The minimum absolute atomic E-state index is 0.0452. The normalized spacial score (nSPS) is 28.5. The maximum absolute atomic E-state index is 12.8. The molecule has 1 aromatic rings. The third-order valence-corrected chi connectivity index (χ3v) is 6.69. The van der Waals surface area contributed by atoms with Crippen LogP contribution in [0.1, 0.15) is 37.4 Å². The molecule has 126 valence electrons. The van der Waals surface area contributed by atoms with Crippen molar-refractivity contribution in [3.63, 3.8) is 0 Å². The van der Waals surface area contributed by atoms with Crippen LogP contribution in [0.2, 0.25) is 0 Å². The lowest BCUT2D eigenvalue weighted by Crippen LogP contribution is -2.49. The zero-order valence-corrected chi connectivity index (χ0v) is 13.9. The summed E-state index contributed by atoms with van der Waals surface area (Å²) < 4.78 is 23.3. The molecular formula is C17H23NO4S. The molecule has 0 aliphatic carbocycles. The number of amides is 1. The Labute approximate surface area is 137 Å². The summed E-state index contributed by atoms with van der Waals surface area (Å²) in [4.78, 5) is 14.5. The number of carbonyl (C=O) groups excluding carboxylic acids is 1. The lowest BCUT2D eigenvalue weighted by Gasteiger charge is -2.39. The van der Waals surface area contributed by atoms with Crippen LogP contribution in [0, 0.1) is 5.92 Å². The monoisotopic (exact) mass is 337 g/mol. The second-order valence-corrected chi connectivity index (χ2v) is 8.78. The fraction of sp³-hybridized carbons (Fsp3) is 0.588. The number of benzene rings is 1. The second-order valence-electron chi connectivity index (χ2n) is 6.55. The van der Waals surface area contributed by atoms with Crippen LogP contribution >= 0.6 is 0 Å². The number of rotatable bonds is 3. The molecule has 2 aliphatic heterocycles. The first-order valence-corrected chi connectivity index (χ1v) is 10.0. The van der Waals surface area contributed by atoms with Crippen molar-refractivity contribution in [2.75, 3.05) is 18.1 Å². The average molecular weight is 337 g/mol. The van der Waals surface area contributed by atoms with Crippen LogP contribution in [0.5, 0.6) is 0 Å². The van der Waals surface area contributed by atoms with E-state index in [9.17, 15) is 18.3 Å². The number of hydrogen-bond acceptors (Lipinski definition) is 4. The summed E-state index contributed by atoms with van der Waals surface area (Å²) in [6, 6.07) is 9.10. The Morgan fingerprint density at radius 3 is 2.57 bits per heavy atom. The molecule has 2 aliphatic rings. The standard InChI is InChI=1S/C17H23NO4S/c19-16(13-6-2-1-3-7-13)15-8-4-5-10-18(15)17(20)14-9-11-23(21,22)12-14/h1-3,6-7,14-16,19H,4-5,8-12H2. The van der Waals surface area contributed by atoms with Gasteiger partial charge in [-0.25, -0.2) is 8.42 Å². The van der Waals surface area contributed by atoms with E-state index in [4.69, 9.17) is 0 Å². The van der Waals surface area contributed by atoms with E-state index in [-0.39, 0.29) is 23.5 Å². The van der Waals surface area contributed by atoms with Gasteiger partial charge in [0, 0.05) is 6.54 Å². The summed E-state index contributed by atoms with van der Waals surface area (Å²) in [6.07, 6.45) is 2.32. The Morgan fingerprint density at radius 2 is 1.91 bits per heavy atom. The third-order valence-electron chi connectivity index (χ3n) is 4.92. The van der Waals surface area contributed by atoms with Crippen LogP contribution in [-0.2, 0) is 14.6 Å². The molecule has 0 aromatic heterocycles. The quantitative estimate of drug-likeness (QED) is 0.908. The second kappa shape index (κ2) is 6.61. The molecule has 0 bridgehead atoms. The molecule has 1 N–H and O–H groups in total. The first-order valence-electron chi connectivity index (χ1n) is 8.22. The first-order chi connectivity index (χ1) is 11.0. The summed E-state index contributed by atoms with van der Waals surface area (Å²) in [7, 11) is -3.08. The van der Waals surface area contributed by atoms with Crippen molar-refractivity contribution >= 4 is 15.7 Å². The minimum atomic E-state index is -3.08. The molecule has 5 nitrogen and oxygen atoms in total. The molecule has 0 spiro atoms. The van der Waals surface area contributed by atoms with Gasteiger partial charge in [0.2, 0.25) is 5.91 Å². The number of piperidine rings is 1. The SMILES string of the molecule is O=C(C1CCS(=O)(=O)C1)N1CCCCC1C(O)c1ccccc1. The predicted octanol–water partition coefficient (Wildman–Crippen LogP) is 1.54. The predicted molar refractivity (Wildman–Crippen MR) is 87.5 cm³/mol. The fourth-order valence-electron chi connectivity index (χ4n) is 3.66. The highest BCUT2D eigenvalue weighted by molar-refractivity contribution is 7.91. The Kier molecular flexibility index (Phi) is 4.73. The minimum Gasteiger partial charge on any atom is -0.386 e. The zero-order valence-electron chi connectivity index (χ0n) is 13.1. The smallest absolute Gasteiger partial charge is 0.227 e. The van der Waals surface area contributed by atoms with E-state index in [1.807, 2.05) is 30.3 Å². The number of hydrogen-bond donors (Lipinski definition) is 1. The van der Waals surface area contributed by atoms with Crippen molar-refractivity contribution in [2.45, 2.75) is 37.8 Å². The third kappa shape index (κ3) is 3.58. The van der Waals surface area contributed by atoms with Gasteiger partial charge in [0.15, 0.2) is 9.84 Å². The van der Waals surface area contributed by atoms with E-state index >= 15 is 0 Å². The Balaban J connectivity index is 1.77. The number of carbonyl (C=O) groups is 1. The number of sulfone groups is 1. The maximum atomic E-state index is 12.8. The van der Waals surface area contributed by atoms with Crippen LogP contribution in [0.3, 0.4) is 0 Å². The summed E-state index contributed by atoms with van der Waals surface area (Å²) in [5, 5.41) is 10.7. The van der Waals surface area contributed by atoms with Crippen molar-refractivity contribution in [3.8, 4) is 0 Å². The van der Waals surface area contributed by atoms with Gasteiger partial charge in [-0.05, 0) is 31.2 Å². The molecule has 1 amide bonds. The zero-order chi connectivity index (χ0) is 16.4. The first kappa shape index (κ1) is 16.5. The Morgan fingerprint density at radius 1 is 1.17 bits per heavy atom. The molecule has 2 fully saturated rings. The highest BCUT2D eigenvalue weighted by Crippen LogP contribution is 2.31. The van der Waals surface area contributed by atoms with Crippen LogP contribution < -0.4 is 0 Å². The van der Waals surface area contributed by atoms with Gasteiger partial charge in [-0.2, -0.15) is 0 Å². The summed E-state index contributed by atoms with van der Waals surface area (Å²) in [6.45, 7) is 0.601. The molecule has 3 rings (SSSR count). The lowest BCUT2D eigenvalue weighted by atomic mass is 9.91. The largest absolute Gasteiger partial charge is 0.386 e. The topological polar surface area (TPSA) is 74.7 Å². The van der Waals surface area contributed by atoms with Gasteiger partial charge in [-0.1, -0.05) is 30.3 Å². The molecular weight excluding hydrogens is 314 g/mol. The average Bonchev–Trinajstić information content (AvgIpc) is 2.94. The molecule has 0 radical (unpaired) electrons. The highest BCUT2D eigenvalue weighted by atomic mass is 32.2. The van der Waals surface area contributed by atoms with Crippen molar-refractivity contribution in [1.29, 1.82) is 0 Å². The van der Waals surface area contributed by atoms with E-state index in [0.29, 0.717) is 13.0 Å². The Bertz CT molecular complexity index is 658. The van der Waals surface area contributed by atoms with Crippen LogP contribution in [0.25, 0.3) is 0 Å². The molecule has 2 heterocycles. The molecule has 2 saturated heterocycles. The summed E-state index contributed by atoms with van der Waals surface area (Å²) >= 11 is 0. The van der Waals surface area contributed by atoms with Crippen molar-refractivity contribution in [2.24, 2.45) is 5.92 Å². The number of nitrogens with zero attached hydrogens (tertiary/aromatic N) is 1. The van der Waals surface area contributed by atoms with Crippen LogP contribution in [0.15, 0.2) is 30.3 Å². The van der Waals surface area contributed by atoms with E-state index < -0.39 is 21.9 Å². The molecule has 3 unspecified atom stereocenters. The highest BCUT2D eigenvalue weighted by Gasteiger charge is 2.40. The molecule has 6 heteroatoms. The summed E-state index contributed by atoms with van der Waals surface area (Å²) in [5.41, 5.74) is 0.802. The van der Waals surface area contributed by atoms with Gasteiger partial charge >= 0.3 is 0 Å². The van der Waals surface area contributed by atoms with E-state index in [0.717, 1.165) is 24.8 Å². The van der Waals surface area contributed by atoms with Crippen molar-refractivity contribution in [1.82, 2.24) is 4.90 Å². The van der Waals surface area contributed by atoms with E-state index in [1.165, 1.54) is 0 Å².